The molecule has 0 bridgehead atoms. The average Bonchev–Trinajstić information content (AvgIpc) is 2.77. The number of nitrogens with zero attached hydrogens (tertiary/aromatic N) is 4. The van der Waals surface area contributed by atoms with Crippen LogP contribution in [0.15, 0.2) is 24.7 Å². The van der Waals surface area contributed by atoms with Gasteiger partial charge in [-0.2, -0.15) is 5.10 Å². The predicted octanol–water partition coefficient (Wildman–Crippen LogP) is 0.396. The molecule has 0 aliphatic carbocycles. The molecular weight excluding hydrogens is 190 g/mol. The van der Waals surface area contributed by atoms with E-state index in [0.29, 0.717) is 6.42 Å². The molecule has 1 unspecified atom stereocenters. The van der Waals surface area contributed by atoms with Gasteiger partial charge in [0.2, 0.25) is 0 Å². The van der Waals surface area contributed by atoms with E-state index in [-0.39, 0.29) is 6.04 Å². The first-order valence-electron chi connectivity index (χ1n) is 4.88. The number of nitrogens with two attached hydrogens (primary N) is 1. The van der Waals surface area contributed by atoms with Gasteiger partial charge in [-0.05, 0) is 6.07 Å². The molecule has 0 amide bonds. The summed E-state index contributed by atoms with van der Waals surface area (Å²) in [6, 6.07) is 1.85. The zero-order valence-corrected chi connectivity index (χ0v) is 8.96. The number of aromatic nitrogens is 4. The van der Waals surface area contributed by atoms with Crippen molar-refractivity contribution in [2.45, 2.75) is 12.5 Å². The van der Waals surface area contributed by atoms with Crippen LogP contribution in [0.5, 0.6) is 0 Å². The Morgan fingerprint density at radius 1 is 1.40 bits per heavy atom. The summed E-state index contributed by atoms with van der Waals surface area (Å²) in [5.41, 5.74) is 6.94. The highest BCUT2D eigenvalue weighted by Gasteiger charge is 2.12. The van der Waals surface area contributed by atoms with Gasteiger partial charge in [-0.3, -0.25) is 4.68 Å². The van der Waals surface area contributed by atoms with Crippen molar-refractivity contribution in [2.24, 2.45) is 19.8 Å². The van der Waals surface area contributed by atoms with Crippen molar-refractivity contribution >= 4 is 0 Å². The molecule has 0 radical (unpaired) electrons. The minimum absolute atomic E-state index is 0.0905. The molecule has 2 N–H and O–H groups in total. The van der Waals surface area contributed by atoms with E-state index in [1.165, 1.54) is 0 Å². The van der Waals surface area contributed by atoms with Crippen LogP contribution in [0, 0.1) is 0 Å². The Labute approximate surface area is 88.5 Å². The summed E-state index contributed by atoms with van der Waals surface area (Å²) in [7, 11) is 3.85. The van der Waals surface area contributed by atoms with E-state index < -0.39 is 0 Å². The molecule has 0 aliphatic heterocycles. The van der Waals surface area contributed by atoms with Gasteiger partial charge in [-0.1, -0.05) is 0 Å². The van der Waals surface area contributed by atoms with Crippen molar-refractivity contribution in [1.82, 2.24) is 19.3 Å². The van der Waals surface area contributed by atoms with Crippen LogP contribution < -0.4 is 5.73 Å². The molecule has 0 saturated carbocycles. The highest BCUT2D eigenvalue weighted by atomic mass is 15.3. The van der Waals surface area contributed by atoms with Gasteiger partial charge in [-0.15, -0.1) is 0 Å². The molecule has 0 fully saturated rings. The largest absolute Gasteiger partial charge is 0.338 e. The summed E-state index contributed by atoms with van der Waals surface area (Å²) in [5.74, 6) is 0.980. The van der Waals surface area contributed by atoms with Gasteiger partial charge in [0.05, 0.1) is 11.7 Å². The molecular formula is C10H15N5. The van der Waals surface area contributed by atoms with Gasteiger partial charge in [-0.25, -0.2) is 4.98 Å². The van der Waals surface area contributed by atoms with Crippen LogP contribution in [-0.4, -0.2) is 19.3 Å². The summed E-state index contributed by atoms with van der Waals surface area (Å²) in [6.07, 6.45) is 6.30. The van der Waals surface area contributed by atoms with Crippen LogP contribution in [-0.2, 0) is 20.5 Å². The van der Waals surface area contributed by atoms with Gasteiger partial charge in [0.1, 0.15) is 5.82 Å². The van der Waals surface area contributed by atoms with E-state index in [0.717, 1.165) is 11.5 Å². The maximum atomic E-state index is 6.04. The third-order valence-electron chi connectivity index (χ3n) is 2.44. The Morgan fingerprint density at radius 2 is 2.20 bits per heavy atom. The van der Waals surface area contributed by atoms with Crippen molar-refractivity contribution in [3.63, 3.8) is 0 Å². The van der Waals surface area contributed by atoms with Crippen LogP contribution in [0.2, 0.25) is 0 Å². The number of hydrogen-bond acceptors (Lipinski definition) is 3. The standard InChI is InChI=1S/C10H15N5/c1-14-6-4-12-10(14)7-8(11)9-3-5-15(2)13-9/h3-6,8H,7,11H2,1-2H3. The van der Waals surface area contributed by atoms with E-state index >= 15 is 0 Å². The highest BCUT2D eigenvalue weighted by molar-refractivity contribution is 5.08. The number of imidazole rings is 1. The molecule has 2 heterocycles. The van der Waals surface area contributed by atoms with Crippen LogP contribution in [0.4, 0.5) is 0 Å². The van der Waals surface area contributed by atoms with Gasteiger partial charge in [0, 0.05) is 39.1 Å². The zero-order chi connectivity index (χ0) is 10.8. The van der Waals surface area contributed by atoms with Gasteiger partial charge < -0.3 is 10.3 Å². The lowest BCUT2D eigenvalue weighted by Gasteiger charge is -2.08. The molecule has 0 saturated heterocycles. The van der Waals surface area contributed by atoms with Gasteiger partial charge in [0.25, 0.3) is 0 Å². The predicted molar refractivity (Wildman–Crippen MR) is 57.0 cm³/mol. The molecule has 2 rings (SSSR count). The molecule has 80 valence electrons. The summed E-state index contributed by atoms with van der Waals surface area (Å²) < 4.78 is 3.73. The molecule has 5 nitrogen and oxygen atoms in total. The molecule has 0 aromatic carbocycles. The lowest BCUT2D eigenvalue weighted by molar-refractivity contribution is 0.623. The molecule has 1 atom stereocenters. The first-order valence-corrected chi connectivity index (χ1v) is 4.88. The first kappa shape index (κ1) is 9.92. The van der Waals surface area contributed by atoms with E-state index in [9.17, 15) is 0 Å². The fraction of sp³-hybridized carbons (Fsp3) is 0.400. The summed E-state index contributed by atoms with van der Waals surface area (Å²) in [6.45, 7) is 0. The van der Waals surface area contributed by atoms with Crippen LogP contribution in [0.3, 0.4) is 0 Å². The SMILES string of the molecule is Cn1ccc(C(N)Cc2nccn2C)n1. The normalized spacial score (nSPS) is 13.0. The van der Waals surface area contributed by atoms with Gasteiger partial charge in [0.15, 0.2) is 0 Å². The first-order chi connectivity index (χ1) is 7.16. The quantitative estimate of drug-likeness (QED) is 0.788. The van der Waals surface area contributed by atoms with E-state index in [1.54, 1.807) is 10.9 Å². The fourth-order valence-corrected chi connectivity index (χ4v) is 1.53. The third kappa shape index (κ3) is 2.07. The molecule has 0 spiro atoms. The smallest absolute Gasteiger partial charge is 0.110 e. The Kier molecular flexibility index (Phi) is 2.55. The second-order valence-corrected chi connectivity index (χ2v) is 3.68. The molecule has 5 heteroatoms. The van der Waals surface area contributed by atoms with Gasteiger partial charge >= 0.3 is 0 Å². The summed E-state index contributed by atoms with van der Waals surface area (Å²) >= 11 is 0. The molecule has 2 aromatic heterocycles. The van der Waals surface area contributed by atoms with E-state index in [2.05, 4.69) is 10.1 Å². The van der Waals surface area contributed by atoms with Crippen LogP contribution >= 0.6 is 0 Å². The fourth-order valence-electron chi connectivity index (χ4n) is 1.53. The Bertz CT molecular complexity index is 442. The highest BCUT2D eigenvalue weighted by Crippen LogP contribution is 2.12. The molecule has 15 heavy (non-hydrogen) atoms. The topological polar surface area (TPSA) is 61.7 Å². The summed E-state index contributed by atoms with van der Waals surface area (Å²) in [5, 5.41) is 4.28. The van der Waals surface area contributed by atoms with Crippen molar-refractivity contribution in [3.05, 3.63) is 36.2 Å². The van der Waals surface area contributed by atoms with E-state index in [4.69, 9.17) is 5.73 Å². The third-order valence-corrected chi connectivity index (χ3v) is 2.44. The summed E-state index contributed by atoms with van der Waals surface area (Å²) in [4.78, 5) is 4.24. The Morgan fingerprint density at radius 3 is 2.73 bits per heavy atom. The number of hydrogen-bond donors (Lipinski definition) is 1. The minimum Gasteiger partial charge on any atom is -0.338 e. The Balaban J connectivity index is 2.10. The van der Waals surface area contributed by atoms with Crippen molar-refractivity contribution < 1.29 is 0 Å². The number of rotatable bonds is 3. The Hall–Kier alpha value is -1.62. The van der Waals surface area contributed by atoms with Crippen molar-refractivity contribution in [2.75, 3.05) is 0 Å². The second kappa shape index (κ2) is 3.86. The van der Waals surface area contributed by atoms with E-state index in [1.807, 2.05) is 37.1 Å². The monoisotopic (exact) mass is 205 g/mol. The number of aryl methyl sites for hydroxylation is 2. The van der Waals surface area contributed by atoms with Crippen LogP contribution in [0.1, 0.15) is 17.6 Å². The lowest BCUT2D eigenvalue weighted by Crippen LogP contribution is -2.16. The maximum absolute atomic E-state index is 6.04. The molecule has 2 aromatic rings. The average molecular weight is 205 g/mol. The maximum Gasteiger partial charge on any atom is 0.110 e. The minimum atomic E-state index is -0.0905. The molecule has 0 aliphatic rings. The lowest BCUT2D eigenvalue weighted by atomic mass is 10.1. The van der Waals surface area contributed by atoms with Crippen LogP contribution in [0.25, 0.3) is 0 Å². The zero-order valence-electron chi connectivity index (χ0n) is 8.96. The van der Waals surface area contributed by atoms with Crippen molar-refractivity contribution in [1.29, 1.82) is 0 Å². The second-order valence-electron chi connectivity index (χ2n) is 3.68. The van der Waals surface area contributed by atoms with Crippen molar-refractivity contribution in [3.8, 4) is 0 Å².